The Bertz CT molecular complexity index is 573. The molecular weight excluding hydrogens is 314 g/mol. The maximum Gasteiger partial charge on any atom is 0.408 e. The highest BCUT2D eigenvalue weighted by Gasteiger charge is 2.41. The van der Waals surface area contributed by atoms with Crippen LogP contribution >= 0.6 is 11.3 Å². The summed E-state index contributed by atoms with van der Waals surface area (Å²) >= 11 is 1.56. The average molecular weight is 339 g/mol. The monoisotopic (exact) mass is 339 g/mol. The van der Waals surface area contributed by atoms with Crippen LogP contribution in [0.3, 0.4) is 0 Å². The van der Waals surface area contributed by atoms with Crippen molar-refractivity contribution in [2.24, 2.45) is 0 Å². The third kappa shape index (κ3) is 5.20. The highest BCUT2D eigenvalue weighted by Crippen LogP contribution is 2.35. The lowest BCUT2D eigenvalue weighted by atomic mass is 9.74. The molecule has 23 heavy (non-hydrogen) atoms. The Morgan fingerprint density at radius 3 is 2.57 bits per heavy atom. The summed E-state index contributed by atoms with van der Waals surface area (Å²) in [5.41, 5.74) is 1.66. The highest BCUT2D eigenvalue weighted by atomic mass is 32.1. The highest BCUT2D eigenvalue weighted by molar-refractivity contribution is 7.09. The van der Waals surface area contributed by atoms with E-state index in [1.54, 1.807) is 16.8 Å². The van der Waals surface area contributed by atoms with Gasteiger partial charge in [0.1, 0.15) is 5.60 Å². The van der Waals surface area contributed by atoms with E-state index in [0.29, 0.717) is 6.54 Å². The number of nitrogens with zero attached hydrogens (tertiary/aromatic N) is 1. The molecule has 0 aromatic carbocycles. The topological polar surface area (TPSA) is 80.3 Å². The first-order valence-electron chi connectivity index (χ1n) is 7.86. The molecule has 2 amide bonds. The fourth-order valence-corrected chi connectivity index (χ4v) is 3.12. The third-order valence-corrected chi connectivity index (χ3v) is 4.67. The van der Waals surface area contributed by atoms with Gasteiger partial charge in [-0.1, -0.05) is 0 Å². The van der Waals surface area contributed by atoms with Crippen LogP contribution in [-0.2, 0) is 16.1 Å². The van der Waals surface area contributed by atoms with E-state index in [4.69, 9.17) is 4.74 Å². The lowest BCUT2D eigenvalue weighted by Crippen LogP contribution is -2.56. The van der Waals surface area contributed by atoms with Gasteiger partial charge in [0.05, 0.1) is 23.3 Å². The standard InChI is InChI=1S/C16H25N3O3S/c1-11-12(18-10-23-11)9-17-13(20)8-16(6-5-7-16)19-14(21)22-15(2,3)4/h10H,5-9H2,1-4H3,(H,17,20)(H,19,21). The molecule has 7 heteroatoms. The lowest BCUT2D eigenvalue weighted by molar-refractivity contribution is -0.123. The van der Waals surface area contributed by atoms with Crippen LogP contribution in [0.4, 0.5) is 4.79 Å². The Hall–Kier alpha value is -1.63. The Balaban J connectivity index is 1.84. The van der Waals surface area contributed by atoms with Crippen LogP contribution < -0.4 is 10.6 Å². The van der Waals surface area contributed by atoms with Crippen LogP contribution in [0, 0.1) is 6.92 Å². The van der Waals surface area contributed by atoms with Crippen LogP contribution in [0.15, 0.2) is 5.51 Å². The first-order chi connectivity index (χ1) is 10.7. The van der Waals surface area contributed by atoms with E-state index in [2.05, 4.69) is 15.6 Å². The van der Waals surface area contributed by atoms with Gasteiger partial charge in [-0.05, 0) is 47.0 Å². The zero-order chi connectivity index (χ0) is 17.1. The molecule has 1 aliphatic carbocycles. The van der Waals surface area contributed by atoms with Crippen LogP contribution in [0.5, 0.6) is 0 Å². The molecule has 0 saturated heterocycles. The molecule has 1 aromatic heterocycles. The number of ether oxygens (including phenoxy) is 1. The van der Waals surface area contributed by atoms with Crippen LogP contribution in [-0.4, -0.2) is 28.1 Å². The van der Waals surface area contributed by atoms with E-state index in [1.165, 1.54) is 0 Å². The fourth-order valence-electron chi connectivity index (χ4n) is 2.52. The number of hydrogen-bond donors (Lipinski definition) is 2. The second-order valence-electron chi connectivity index (χ2n) is 7.07. The van der Waals surface area contributed by atoms with Gasteiger partial charge in [0.25, 0.3) is 0 Å². The summed E-state index contributed by atoms with van der Waals surface area (Å²) < 4.78 is 5.29. The Labute approximate surface area is 141 Å². The number of aromatic nitrogens is 1. The molecular formula is C16H25N3O3S. The number of rotatable bonds is 5. The molecule has 1 aliphatic rings. The molecule has 0 radical (unpaired) electrons. The Kier molecular flexibility index (Phi) is 5.29. The van der Waals surface area contributed by atoms with Gasteiger partial charge in [0.2, 0.25) is 5.91 Å². The number of aryl methyl sites for hydroxylation is 1. The molecule has 1 fully saturated rings. The molecule has 0 aliphatic heterocycles. The van der Waals surface area contributed by atoms with Crippen LogP contribution in [0.2, 0.25) is 0 Å². The average Bonchev–Trinajstić information content (AvgIpc) is 2.77. The Morgan fingerprint density at radius 2 is 2.09 bits per heavy atom. The zero-order valence-corrected chi connectivity index (χ0v) is 15.0. The predicted octanol–water partition coefficient (Wildman–Crippen LogP) is 2.91. The maximum absolute atomic E-state index is 12.2. The number of amides is 2. The van der Waals surface area contributed by atoms with Crippen molar-refractivity contribution in [3.8, 4) is 0 Å². The fraction of sp³-hybridized carbons (Fsp3) is 0.688. The smallest absolute Gasteiger partial charge is 0.408 e. The molecule has 128 valence electrons. The van der Waals surface area contributed by atoms with Gasteiger partial charge >= 0.3 is 6.09 Å². The van der Waals surface area contributed by atoms with E-state index in [0.717, 1.165) is 29.8 Å². The molecule has 1 heterocycles. The summed E-state index contributed by atoms with van der Waals surface area (Å²) in [6.45, 7) is 7.88. The van der Waals surface area contributed by atoms with E-state index in [9.17, 15) is 9.59 Å². The van der Waals surface area contributed by atoms with Gasteiger partial charge in [-0.15, -0.1) is 11.3 Å². The minimum atomic E-state index is -0.542. The third-order valence-electron chi connectivity index (χ3n) is 3.87. The number of thiazole rings is 1. The largest absolute Gasteiger partial charge is 0.444 e. The van der Waals surface area contributed by atoms with E-state index >= 15 is 0 Å². The SMILES string of the molecule is Cc1scnc1CNC(=O)CC1(NC(=O)OC(C)(C)C)CCC1. The van der Waals surface area contributed by atoms with Crippen molar-refractivity contribution >= 4 is 23.3 Å². The van der Waals surface area contributed by atoms with Crippen LogP contribution in [0.1, 0.15) is 57.0 Å². The molecule has 2 N–H and O–H groups in total. The van der Waals surface area contributed by atoms with Crippen molar-refractivity contribution in [2.75, 3.05) is 0 Å². The lowest BCUT2D eigenvalue weighted by Gasteiger charge is -2.42. The van der Waals surface area contributed by atoms with Crippen molar-refractivity contribution in [3.63, 3.8) is 0 Å². The quantitative estimate of drug-likeness (QED) is 0.864. The molecule has 0 atom stereocenters. The van der Waals surface area contributed by atoms with Gasteiger partial charge in [0, 0.05) is 11.3 Å². The van der Waals surface area contributed by atoms with Crippen molar-refractivity contribution in [1.82, 2.24) is 15.6 Å². The summed E-state index contributed by atoms with van der Waals surface area (Å²) in [4.78, 5) is 29.5. The van der Waals surface area contributed by atoms with Gasteiger partial charge < -0.3 is 15.4 Å². The van der Waals surface area contributed by atoms with Crippen molar-refractivity contribution in [3.05, 3.63) is 16.1 Å². The second kappa shape index (κ2) is 6.86. The maximum atomic E-state index is 12.2. The summed E-state index contributed by atoms with van der Waals surface area (Å²) in [5.74, 6) is -0.0758. The Morgan fingerprint density at radius 1 is 1.39 bits per heavy atom. The number of carbonyl (C=O) groups is 2. The van der Waals surface area contributed by atoms with Crippen molar-refractivity contribution in [1.29, 1.82) is 0 Å². The summed E-state index contributed by atoms with van der Waals surface area (Å²) in [6.07, 6.45) is 2.43. The van der Waals surface area contributed by atoms with Gasteiger partial charge in [-0.25, -0.2) is 9.78 Å². The summed E-state index contributed by atoms with van der Waals surface area (Å²) in [7, 11) is 0. The summed E-state index contributed by atoms with van der Waals surface area (Å²) in [6, 6.07) is 0. The first-order valence-corrected chi connectivity index (χ1v) is 8.74. The molecule has 6 nitrogen and oxygen atoms in total. The molecule has 1 aromatic rings. The summed E-state index contributed by atoms with van der Waals surface area (Å²) in [5, 5.41) is 5.77. The second-order valence-corrected chi connectivity index (χ2v) is 8.13. The molecule has 2 rings (SSSR count). The number of nitrogens with one attached hydrogen (secondary N) is 2. The van der Waals surface area contributed by atoms with E-state index < -0.39 is 17.2 Å². The van der Waals surface area contributed by atoms with E-state index in [-0.39, 0.29) is 12.3 Å². The predicted molar refractivity (Wildman–Crippen MR) is 89.3 cm³/mol. The number of carbonyl (C=O) groups excluding carboxylic acids is 2. The minimum Gasteiger partial charge on any atom is -0.444 e. The van der Waals surface area contributed by atoms with Crippen molar-refractivity contribution < 1.29 is 14.3 Å². The van der Waals surface area contributed by atoms with Crippen molar-refractivity contribution in [2.45, 2.75) is 71.1 Å². The number of hydrogen-bond acceptors (Lipinski definition) is 5. The normalized spacial score (nSPS) is 16.3. The molecule has 1 saturated carbocycles. The van der Waals surface area contributed by atoms with Gasteiger partial charge in [0.15, 0.2) is 0 Å². The first kappa shape index (κ1) is 17.7. The van der Waals surface area contributed by atoms with Crippen LogP contribution in [0.25, 0.3) is 0 Å². The van der Waals surface area contributed by atoms with E-state index in [1.807, 2.05) is 27.7 Å². The minimum absolute atomic E-state index is 0.0758. The molecule has 0 unspecified atom stereocenters. The van der Waals surface area contributed by atoms with Gasteiger partial charge in [-0.2, -0.15) is 0 Å². The molecule has 0 bridgehead atoms. The van der Waals surface area contributed by atoms with Gasteiger partial charge in [-0.3, -0.25) is 4.79 Å². The zero-order valence-electron chi connectivity index (χ0n) is 14.2. The molecule has 0 spiro atoms. The number of alkyl carbamates (subject to hydrolysis) is 1.